The minimum absolute atomic E-state index is 0.00242. The van der Waals surface area contributed by atoms with Crippen LogP contribution in [0.3, 0.4) is 0 Å². The number of alkyl halides is 3. The molecule has 8 heteroatoms. The molecular formula is C27H31F3N4O. The van der Waals surface area contributed by atoms with Crippen molar-refractivity contribution in [2.24, 2.45) is 13.0 Å². The molecule has 0 N–H and O–H groups in total. The Hall–Kier alpha value is -3.13. The van der Waals surface area contributed by atoms with Crippen LogP contribution in [0.4, 0.5) is 13.2 Å². The number of carbonyl (C=O) groups excluding carboxylic acids is 1. The van der Waals surface area contributed by atoms with Crippen molar-refractivity contribution >= 4 is 5.91 Å². The van der Waals surface area contributed by atoms with Gasteiger partial charge in [-0.1, -0.05) is 48.5 Å². The molecule has 0 radical (unpaired) electrons. The fraction of sp³-hybridized carbons (Fsp3) is 0.407. The number of aromatic nitrogens is 2. The molecule has 0 saturated carbocycles. The van der Waals surface area contributed by atoms with Gasteiger partial charge in [0.15, 0.2) is 0 Å². The molecular weight excluding hydrogens is 453 g/mol. The van der Waals surface area contributed by atoms with Crippen molar-refractivity contribution in [2.45, 2.75) is 38.0 Å². The molecule has 1 atom stereocenters. The summed E-state index contributed by atoms with van der Waals surface area (Å²) < 4.78 is 40.9. The molecule has 186 valence electrons. The Balaban J connectivity index is 1.44. The molecule has 1 aliphatic rings. The first-order valence-corrected chi connectivity index (χ1v) is 11.9. The van der Waals surface area contributed by atoms with Gasteiger partial charge in [0.2, 0.25) is 0 Å². The molecule has 2 heterocycles. The molecule has 1 unspecified atom stereocenters. The van der Waals surface area contributed by atoms with Gasteiger partial charge in [0.25, 0.3) is 5.91 Å². The van der Waals surface area contributed by atoms with Gasteiger partial charge in [-0.25, -0.2) is 0 Å². The van der Waals surface area contributed by atoms with Crippen LogP contribution in [-0.4, -0.2) is 51.7 Å². The molecule has 35 heavy (non-hydrogen) atoms. The molecule has 1 aromatic heterocycles. The predicted octanol–water partition coefficient (Wildman–Crippen LogP) is 5.03. The second-order valence-electron chi connectivity index (χ2n) is 9.36. The summed E-state index contributed by atoms with van der Waals surface area (Å²) in [5.41, 5.74) is 1.66. The lowest BCUT2D eigenvalue weighted by Crippen LogP contribution is -2.47. The maximum atomic E-state index is 13.2. The molecule has 0 bridgehead atoms. The van der Waals surface area contributed by atoms with Gasteiger partial charge in [0.1, 0.15) is 5.69 Å². The van der Waals surface area contributed by atoms with Crippen molar-refractivity contribution in [2.75, 3.05) is 20.1 Å². The fourth-order valence-corrected chi connectivity index (χ4v) is 4.94. The number of aryl methyl sites for hydroxylation is 1. The van der Waals surface area contributed by atoms with Gasteiger partial charge in [-0.15, -0.1) is 0 Å². The summed E-state index contributed by atoms with van der Waals surface area (Å²) in [5.74, 6) is 0.184. The van der Waals surface area contributed by atoms with E-state index in [9.17, 15) is 18.0 Å². The number of piperidine rings is 1. The summed E-state index contributed by atoms with van der Waals surface area (Å²) in [6.45, 7) is 2.04. The van der Waals surface area contributed by atoms with Crippen LogP contribution in [0.15, 0.2) is 66.9 Å². The maximum absolute atomic E-state index is 13.2. The lowest BCUT2D eigenvalue weighted by atomic mass is 9.84. The van der Waals surface area contributed by atoms with Crippen LogP contribution in [0.25, 0.3) is 0 Å². The Morgan fingerprint density at radius 1 is 1.06 bits per heavy atom. The number of carbonyl (C=O) groups is 1. The van der Waals surface area contributed by atoms with Crippen LogP contribution < -0.4 is 0 Å². The van der Waals surface area contributed by atoms with E-state index >= 15 is 0 Å². The van der Waals surface area contributed by atoms with Crippen LogP contribution in [0.1, 0.15) is 40.0 Å². The Kier molecular flexibility index (Phi) is 7.60. The summed E-state index contributed by atoms with van der Waals surface area (Å²) in [6.07, 6.45) is -0.0846. The van der Waals surface area contributed by atoms with Gasteiger partial charge in [0.05, 0.1) is 5.56 Å². The van der Waals surface area contributed by atoms with E-state index in [0.717, 1.165) is 38.4 Å². The number of likely N-dealkylation sites (tertiary alicyclic amines) is 1. The molecule has 1 aliphatic heterocycles. The lowest BCUT2D eigenvalue weighted by molar-refractivity contribution is -0.137. The van der Waals surface area contributed by atoms with Gasteiger partial charge in [0, 0.05) is 32.9 Å². The molecule has 3 aromatic rings. The molecule has 4 rings (SSSR count). The van der Waals surface area contributed by atoms with Gasteiger partial charge < -0.3 is 4.90 Å². The van der Waals surface area contributed by atoms with E-state index in [4.69, 9.17) is 0 Å². The monoisotopic (exact) mass is 484 g/mol. The van der Waals surface area contributed by atoms with Crippen LogP contribution in [0.5, 0.6) is 0 Å². The molecule has 1 saturated heterocycles. The predicted molar refractivity (Wildman–Crippen MR) is 129 cm³/mol. The zero-order valence-corrected chi connectivity index (χ0v) is 20.1. The zero-order valence-electron chi connectivity index (χ0n) is 20.1. The Morgan fingerprint density at radius 2 is 1.74 bits per heavy atom. The number of amides is 1. The minimum Gasteiger partial charge on any atom is -0.337 e. The molecule has 2 aromatic carbocycles. The first-order valence-electron chi connectivity index (χ1n) is 11.9. The van der Waals surface area contributed by atoms with Crippen molar-refractivity contribution in [3.05, 3.63) is 89.2 Å². The zero-order chi connectivity index (χ0) is 25.0. The van der Waals surface area contributed by atoms with Crippen LogP contribution in [0, 0.1) is 5.92 Å². The third kappa shape index (κ3) is 6.31. The van der Waals surface area contributed by atoms with E-state index in [0.29, 0.717) is 17.8 Å². The first kappa shape index (κ1) is 25.0. The molecule has 1 fully saturated rings. The van der Waals surface area contributed by atoms with Crippen molar-refractivity contribution in [3.63, 3.8) is 0 Å². The topological polar surface area (TPSA) is 41.4 Å². The van der Waals surface area contributed by atoms with Crippen LogP contribution in [0.2, 0.25) is 0 Å². The van der Waals surface area contributed by atoms with E-state index in [1.807, 2.05) is 30.1 Å². The van der Waals surface area contributed by atoms with Gasteiger partial charge in [-0.05, 0) is 61.5 Å². The number of hydrogen-bond acceptors (Lipinski definition) is 3. The number of halogens is 3. The van der Waals surface area contributed by atoms with Crippen molar-refractivity contribution < 1.29 is 18.0 Å². The number of nitrogens with zero attached hydrogens (tertiary/aromatic N) is 4. The van der Waals surface area contributed by atoms with Crippen molar-refractivity contribution in [3.8, 4) is 0 Å². The standard InChI is InChI=1S/C27H31F3N4O/c1-32-14-13-24(31-32)26(35)33(2)25(18-20-7-4-3-5-8-20)22-11-15-34(16-12-22)19-21-9-6-10-23(17-21)27(28,29)30/h3-10,13-14,17,22,25H,11-12,15-16,18-19H2,1-2H3. The number of likely N-dealkylation sites (N-methyl/N-ethyl adjacent to an activating group) is 1. The number of hydrogen-bond donors (Lipinski definition) is 0. The van der Waals surface area contributed by atoms with Gasteiger partial charge in [-0.2, -0.15) is 18.3 Å². The van der Waals surface area contributed by atoms with E-state index in [2.05, 4.69) is 22.1 Å². The van der Waals surface area contributed by atoms with E-state index in [1.165, 1.54) is 17.7 Å². The summed E-state index contributed by atoms with van der Waals surface area (Å²) in [4.78, 5) is 17.2. The summed E-state index contributed by atoms with van der Waals surface area (Å²) in [7, 11) is 3.64. The van der Waals surface area contributed by atoms with Crippen molar-refractivity contribution in [1.82, 2.24) is 19.6 Å². The summed E-state index contributed by atoms with van der Waals surface area (Å²) in [5, 5.41) is 4.29. The van der Waals surface area contributed by atoms with Crippen LogP contribution in [-0.2, 0) is 26.2 Å². The first-order chi connectivity index (χ1) is 16.7. The average Bonchev–Trinajstić information content (AvgIpc) is 3.29. The quantitative estimate of drug-likeness (QED) is 0.472. The van der Waals surface area contributed by atoms with E-state index in [-0.39, 0.29) is 17.9 Å². The third-order valence-electron chi connectivity index (χ3n) is 6.88. The average molecular weight is 485 g/mol. The highest BCUT2D eigenvalue weighted by molar-refractivity contribution is 5.92. The number of benzene rings is 2. The number of rotatable bonds is 7. The molecule has 0 spiro atoms. The Labute approximate surface area is 204 Å². The molecule has 0 aliphatic carbocycles. The smallest absolute Gasteiger partial charge is 0.337 e. The van der Waals surface area contributed by atoms with E-state index in [1.54, 1.807) is 30.1 Å². The summed E-state index contributed by atoms with van der Waals surface area (Å²) >= 11 is 0. The van der Waals surface area contributed by atoms with Gasteiger partial charge in [-0.3, -0.25) is 14.4 Å². The second-order valence-corrected chi connectivity index (χ2v) is 9.36. The fourth-order valence-electron chi connectivity index (χ4n) is 4.94. The van der Waals surface area contributed by atoms with E-state index < -0.39 is 11.7 Å². The Morgan fingerprint density at radius 3 is 2.37 bits per heavy atom. The highest BCUT2D eigenvalue weighted by atomic mass is 19.4. The third-order valence-corrected chi connectivity index (χ3v) is 6.88. The molecule has 5 nitrogen and oxygen atoms in total. The highest BCUT2D eigenvalue weighted by Gasteiger charge is 2.33. The SMILES string of the molecule is CN(C(=O)c1ccn(C)n1)C(Cc1ccccc1)C1CCN(Cc2cccc(C(F)(F)F)c2)CC1. The Bertz CT molecular complexity index is 1120. The highest BCUT2D eigenvalue weighted by Crippen LogP contribution is 2.31. The van der Waals surface area contributed by atoms with Crippen LogP contribution >= 0.6 is 0 Å². The molecule has 1 amide bonds. The van der Waals surface area contributed by atoms with Crippen molar-refractivity contribution in [1.29, 1.82) is 0 Å². The normalized spacial score (nSPS) is 16.3. The summed E-state index contributed by atoms with van der Waals surface area (Å²) in [6, 6.07) is 17.4. The van der Waals surface area contributed by atoms with Gasteiger partial charge >= 0.3 is 6.18 Å². The second kappa shape index (κ2) is 10.6. The minimum atomic E-state index is -4.33. The largest absolute Gasteiger partial charge is 0.416 e. The maximum Gasteiger partial charge on any atom is 0.416 e. The lowest BCUT2D eigenvalue weighted by Gasteiger charge is -2.40.